The summed E-state index contributed by atoms with van der Waals surface area (Å²) in [5, 5.41) is 0. The average molecular weight is 335 g/mol. The molecule has 0 heterocycles. The van der Waals surface area contributed by atoms with Crippen LogP contribution < -0.4 is 18.4 Å². The van der Waals surface area contributed by atoms with E-state index >= 15 is 0 Å². The Bertz CT molecular complexity index is 516. The van der Waals surface area contributed by atoms with E-state index in [1.165, 1.54) is 0 Å². The SMILES string of the molecule is O=P(O)(Oc1ccccc1)Oc1ccccc1.[O-][Cl+2]([O-])O. The van der Waals surface area contributed by atoms with Crippen molar-refractivity contribution in [3.8, 4) is 11.5 Å². The molecule has 0 radical (unpaired) electrons. The first-order chi connectivity index (χ1) is 9.89. The van der Waals surface area contributed by atoms with Crippen LogP contribution >= 0.6 is 7.82 Å². The first kappa shape index (κ1) is 17.5. The number of benzene rings is 2. The summed E-state index contributed by atoms with van der Waals surface area (Å²) in [6.07, 6.45) is 0. The Morgan fingerprint density at radius 3 is 1.43 bits per heavy atom. The lowest BCUT2D eigenvalue weighted by Crippen LogP contribution is -2.30. The van der Waals surface area contributed by atoms with Crippen molar-refractivity contribution in [3.05, 3.63) is 60.7 Å². The lowest BCUT2D eigenvalue weighted by Gasteiger charge is -2.13. The van der Waals surface area contributed by atoms with Gasteiger partial charge in [0, 0.05) is 4.66 Å². The predicted octanol–water partition coefficient (Wildman–Crippen LogP) is 0.310. The summed E-state index contributed by atoms with van der Waals surface area (Å²) in [5.74, 6) is 0.573. The smallest absolute Gasteiger partial charge is 0.395 e. The first-order valence-corrected chi connectivity index (χ1v) is 7.91. The molecule has 0 unspecified atom stereocenters. The second kappa shape index (κ2) is 8.63. The van der Waals surface area contributed by atoms with Gasteiger partial charge in [-0.15, -0.1) is 0 Å². The maximum absolute atomic E-state index is 11.7. The molecule has 0 bridgehead atoms. The predicted molar refractivity (Wildman–Crippen MR) is 66.2 cm³/mol. The van der Waals surface area contributed by atoms with Crippen LogP contribution in [0.1, 0.15) is 0 Å². The highest BCUT2D eigenvalue weighted by atomic mass is 35.6. The van der Waals surface area contributed by atoms with Gasteiger partial charge in [-0.25, -0.2) is 4.57 Å². The summed E-state index contributed by atoms with van der Waals surface area (Å²) in [7, 11) is -6.74. The molecule has 2 aromatic rings. The average Bonchev–Trinajstić information content (AvgIpc) is 2.39. The van der Waals surface area contributed by atoms with Crippen molar-refractivity contribution in [2.75, 3.05) is 0 Å². The Morgan fingerprint density at radius 1 is 0.857 bits per heavy atom. The van der Waals surface area contributed by atoms with Gasteiger partial charge in [-0.05, 0) is 24.3 Å². The molecular weight excluding hydrogens is 323 g/mol. The van der Waals surface area contributed by atoms with Crippen molar-refractivity contribution in [1.29, 1.82) is 0 Å². The number of rotatable bonds is 4. The molecule has 0 atom stereocenters. The van der Waals surface area contributed by atoms with Gasteiger partial charge in [0.15, 0.2) is 0 Å². The highest BCUT2D eigenvalue weighted by Crippen LogP contribution is 2.43. The Kier molecular flexibility index (Phi) is 7.18. The zero-order valence-corrected chi connectivity index (χ0v) is 12.2. The van der Waals surface area contributed by atoms with E-state index in [-0.39, 0.29) is 11.5 Å². The summed E-state index contributed by atoms with van der Waals surface area (Å²) in [6, 6.07) is 16.7. The van der Waals surface area contributed by atoms with Crippen LogP contribution in [0.4, 0.5) is 0 Å². The van der Waals surface area contributed by atoms with Gasteiger partial charge in [-0.2, -0.15) is 0 Å². The molecule has 2 aromatic carbocycles. The summed E-state index contributed by atoms with van der Waals surface area (Å²) in [4.78, 5) is 9.53. The third-order valence-electron chi connectivity index (χ3n) is 1.93. The maximum Gasteiger partial charge on any atom is 0.584 e. The molecule has 0 saturated heterocycles. The first-order valence-electron chi connectivity index (χ1n) is 5.45. The van der Waals surface area contributed by atoms with E-state index in [9.17, 15) is 9.46 Å². The van der Waals surface area contributed by atoms with Gasteiger partial charge in [0.25, 0.3) is 10.8 Å². The fourth-order valence-electron chi connectivity index (χ4n) is 1.25. The van der Waals surface area contributed by atoms with E-state index in [4.69, 9.17) is 23.0 Å². The minimum atomic E-state index is -4.14. The Balaban J connectivity index is 0.000000491. The molecule has 0 amide bonds. The van der Waals surface area contributed by atoms with E-state index < -0.39 is 18.6 Å². The van der Waals surface area contributed by atoms with Gasteiger partial charge in [-0.3, -0.25) is 4.89 Å². The lowest BCUT2D eigenvalue weighted by molar-refractivity contribution is -1.63. The minimum absolute atomic E-state index is 0.286. The van der Waals surface area contributed by atoms with Crippen LogP contribution in [0.5, 0.6) is 11.5 Å². The van der Waals surface area contributed by atoms with E-state index in [1.54, 1.807) is 60.7 Å². The van der Waals surface area contributed by atoms with Crippen molar-refractivity contribution in [2.45, 2.75) is 0 Å². The van der Waals surface area contributed by atoms with Crippen LogP contribution in [-0.4, -0.2) is 9.55 Å². The highest BCUT2D eigenvalue weighted by molar-refractivity contribution is 7.48. The monoisotopic (exact) mass is 334 g/mol. The largest absolute Gasteiger partial charge is 0.584 e. The maximum atomic E-state index is 11.7. The Morgan fingerprint density at radius 2 is 1.14 bits per heavy atom. The second-order valence-electron chi connectivity index (χ2n) is 3.48. The fraction of sp³-hybridized carbons (Fsp3) is 0. The van der Waals surface area contributed by atoms with Crippen LogP contribution in [-0.2, 0) is 4.57 Å². The van der Waals surface area contributed by atoms with Crippen molar-refractivity contribution in [1.82, 2.24) is 0 Å². The molecule has 2 N–H and O–H groups in total. The van der Waals surface area contributed by atoms with Gasteiger partial charge in [0.2, 0.25) is 0 Å². The molecule has 9 heteroatoms. The molecule has 0 aliphatic carbocycles. The number of hydrogen-bond donors (Lipinski definition) is 2. The molecule has 0 aliphatic heterocycles. The summed E-state index contributed by atoms with van der Waals surface area (Å²) in [6.45, 7) is 0. The quantitative estimate of drug-likeness (QED) is 0.771. The number of phosphoric acid groups is 1. The van der Waals surface area contributed by atoms with Crippen LogP contribution in [0.15, 0.2) is 60.7 Å². The zero-order valence-electron chi connectivity index (χ0n) is 10.5. The molecule has 0 aromatic heterocycles. The fourth-order valence-corrected chi connectivity index (χ4v) is 2.06. The number of halogens is 1. The number of hydrogen-bond acceptors (Lipinski definition) is 6. The molecule has 7 nitrogen and oxygen atoms in total. The number of phosphoric ester groups is 1. The van der Waals surface area contributed by atoms with Crippen molar-refractivity contribution < 1.29 is 43.3 Å². The molecular formula is C12H12ClO7P. The molecule has 2 rings (SSSR count). The van der Waals surface area contributed by atoms with Crippen LogP contribution in [0, 0.1) is 10.8 Å². The van der Waals surface area contributed by atoms with E-state index in [0.717, 1.165) is 0 Å². The topological polar surface area (TPSA) is 122 Å². The Hall–Kier alpha value is -1.60. The third kappa shape index (κ3) is 8.31. The van der Waals surface area contributed by atoms with Gasteiger partial charge >= 0.3 is 7.82 Å². The molecule has 114 valence electrons. The Labute approximate surface area is 124 Å². The highest BCUT2D eigenvalue weighted by Gasteiger charge is 2.24. The molecule has 0 saturated carbocycles. The summed E-state index contributed by atoms with van der Waals surface area (Å²) in [5.41, 5.74) is 0. The van der Waals surface area contributed by atoms with Crippen molar-refractivity contribution >= 4 is 7.82 Å². The minimum Gasteiger partial charge on any atom is -0.395 e. The number of para-hydroxylation sites is 2. The van der Waals surface area contributed by atoms with E-state index in [2.05, 4.69) is 0 Å². The summed E-state index contributed by atoms with van der Waals surface area (Å²) < 4.78 is 45.4. The molecule has 0 aliphatic rings. The van der Waals surface area contributed by atoms with Gasteiger partial charge < -0.3 is 18.4 Å². The van der Waals surface area contributed by atoms with Crippen LogP contribution in [0.2, 0.25) is 0 Å². The van der Waals surface area contributed by atoms with Crippen molar-refractivity contribution in [3.63, 3.8) is 0 Å². The summed E-state index contributed by atoms with van der Waals surface area (Å²) >= 11 is 0. The second-order valence-corrected chi connectivity index (χ2v) is 5.18. The van der Waals surface area contributed by atoms with E-state index in [1.807, 2.05) is 0 Å². The lowest BCUT2D eigenvalue weighted by atomic mass is 10.3. The third-order valence-corrected chi connectivity index (χ3v) is 2.81. The van der Waals surface area contributed by atoms with Gasteiger partial charge in [0.05, 0.1) is 0 Å². The van der Waals surface area contributed by atoms with Crippen molar-refractivity contribution in [2.24, 2.45) is 0 Å². The van der Waals surface area contributed by atoms with Crippen LogP contribution in [0.3, 0.4) is 0 Å². The zero-order chi connectivity index (χ0) is 15.7. The molecule has 21 heavy (non-hydrogen) atoms. The normalized spacial score (nSPS) is 10.5. The molecule has 0 fully saturated rings. The standard InChI is InChI=1S/C12H11O4P.ClHO3/c13-17(14,15-11-7-3-1-4-8-11)16-12-9-5-2-6-10-12;2-1(3)4/h1-10H,(H,13,14);2H. The van der Waals surface area contributed by atoms with Crippen LogP contribution in [0.25, 0.3) is 0 Å². The van der Waals surface area contributed by atoms with Gasteiger partial charge in [0.1, 0.15) is 11.5 Å². The van der Waals surface area contributed by atoms with Gasteiger partial charge in [-0.1, -0.05) is 36.4 Å². The van der Waals surface area contributed by atoms with E-state index in [0.29, 0.717) is 0 Å². The molecule has 0 spiro atoms.